The number of fused-ring (bicyclic) bond motifs is 1. The number of nitrogens with one attached hydrogen (secondary N) is 1. The number of halogens is 2. The number of rotatable bonds is 12. The zero-order valence-corrected chi connectivity index (χ0v) is 25.4. The van der Waals surface area contributed by atoms with Gasteiger partial charge in [0.1, 0.15) is 33.8 Å². The van der Waals surface area contributed by atoms with Gasteiger partial charge in [0.2, 0.25) is 5.95 Å². The zero-order chi connectivity index (χ0) is 31.4. The first-order valence-electron chi connectivity index (χ1n) is 14.0. The van der Waals surface area contributed by atoms with Gasteiger partial charge in [0.25, 0.3) is 0 Å². The Morgan fingerprint density at radius 2 is 1.86 bits per heavy atom. The molecular formula is C29H35F2N7O5S. The molecule has 0 spiro atoms. The predicted molar refractivity (Wildman–Crippen MR) is 162 cm³/mol. The zero-order valence-electron chi connectivity index (χ0n) is 24.6. The summed E-state index contributed by atoms with van der Waals surface area (Å²) in [6.45, 7) is 3.60. The van der Waals surface area contributed by atoms with Crippen molar-refractivity contribution in [3.63, 3.8) is 0 Å². The SMILES string of the molecule is COCCOc1cc(F)c(-c2ccc3cnc(Nc4cnccc4N4CC(C)C(OCCS(C)(=O)=O)C(N)C4)n3n2)c(F)c1. The third-order valence-corrected chi connectivity index (χ3v) is 8.19. The number of piperidine rings is 1. The molecule has 1 fully saturated rings. The van der Waals surface area contributed by atoms with Gasteiger partial charge in [-0.05, 0) is 18.2 Å². The Hall–Kier alpha value is -3.92. The second-order valence-electron chi connectivity index (χ2n) is 10.8. The van der Waals surface area contributed by atoms with Crippen LogP contribution in [0.4, 0.5) is 26.1 Å². The highest BCUT2D eigenvalue weighted by molar-refractivity contribution is 7.90. The lowest BCUT2D eigenvalue weighted by molar-refractivity contribution is 0.00183. The van der Waals surface area contributed by atoms with Gasteiger partial charge in [-0.3, -0.25) is 4.98 Å². The van der Waals surface area contributed by atoms with Crippen molar-refractivity contribution in [2.45, 2.75) is 19.1 Å². The second kappa shape index (κ2) is 13.4. The van der Waals surface area contributed by atoms with Gasteiger partial charge in [-0.15, -0.1) is 0 Å². The van der Waals surface area contributed by atoms with Gasteiger partial charge in [0.05, 0.1) is 65.6 Å². The maximum absolute atomic E-state index is 15.1. The molecule has 1 aliphatic rings. The summed E-state index contributed by atoms with van der Waals surface area (Å²) in [5, 5.41) is 7.75. The van der Waals surface area contributed by atoms with Crippen molar-refractivity contribution in [3.8, 4) is 17.0 Å². The molecule has 5 rings (SSSR count). The van der Waals surface area contributed by atoms with Crippen LogP contribution in [0, 0.1) is 17.6 Å². The standard InChI is InChI=1S/C29H35F2N7O5S/c1-18-16-37(17-23(32)28(18)43-10-11-44(3,39)40)26-6-7-33-15-25(26)35-29-34-14-19-4-5-24(36-38(19)29)27-21(30)12-20(13-22(27)31)42-9-8-41-2/h4-7,12-15,18,23,28H,8-11,16-17,32H2,1-3H3,(H,34,35). The molecule has 0 bridgehead atoms. The van der Waals surface area contributed by atoms with Crippen molar-refractivity contribution in [3.05, 3.63) is 60.6 Å². The van der Waals surface area contributed by atoms with E-state index in [1.807, 2.05) is 13.0 Å². The van der Waals surface area contributed by atoms with Crippen molar-refractivity contribution in [2.75, 3.05) is 62.2 Å². The minimum absolute atomic E-state index is 0.0114. The molecule has 1 aromatic carbocycles. The lowest BCUT2D eigenvalue weighted by Crippen LogP contribution is -2.57. The molecule has 4 aromatic rings. The van der Waals surface area contributed by atoms with E-state index in [0.29, 0.717) is 30.2 Å². The second-order valence-corrected chi connectivity index (χ2v) is 13.0. The summed E-state index contributed by atoms with van der Waals surface area (Å²) in [5.41, 5.74) is 8.30. The molecule has 44 heavy (non-hydrogen) atoms. The highest BCUT2D eigenvalue weighted by atomic mass is 32.2. The maximum Gasteiger partial charge on any atom is 0.229 e. The normalized spacial score (nSPS) is 19.0. The van der Waals surface area contributed by atoms with Crippen molar-refractivity contribution in [1.29, 1.82) is 0 Å². The van der Waals surface area contributed by atoms with Crippen LogP contribution in [-0.4, -0.2) is 92.2 Å². The molecule has 0 amide bonds. The Balaban J connectivity index is 1.36. The van der Waals surface area contributed by atoms with E-state index in [-0.39, 0.29) is 60.6 Å². The Morgan fingerprint density at radius 3 is 2.57 bits per heavy atom. The van der Waals surface area contributed by atoms with Crippen molar-refractivity contribution in [1.82, 2.24) is 19.6 Å². The molecule has 3 N–H and O–H groups in total. The molecule has 1 aliphatic heterocycles. The first-order chi connectivity index (χ1) is 21.0. The van der Waals surface area contributed by atoms with E-state index in [4.69, 9.17) is 19.9 Å². The number of hydrogen-bond donors (Lipinski definition) is 2. The van der Waals surface area contributed by atoms with Crippen LogP contribution in [0.5, 0.6) is 5.75 Å². The first-order valence-corrected chi connectivity index (χ1v) is 16.1. The number of hydrogen-bond acceptors (Lipinski definition) is 11. The predicted octanol–water partition coefficient (Wildman–Crippen LogP) is 3.05. The molecule has 12 nitrogen and oxygen atoms in total. The number of ether oxygens (including phenoxy) is 3. The van der Waals surface area contributed by atoms with Crippen LogP contribution in [0.25, 0.3) is 16.8 Å². The molecule has 3 atom stereocenters. The van der Waals surface area contributed by atoms with E-state index in [2.05, 4.69) is 25.3 Å². The highest BCUT2D eigenvalue weighted by Crippen LogP contribution is 2.33. The third-order valence-electron chi connectivity index (χ3n) is 7.28. The van der Waals surface area contributed by atoms with Crippen molar-refractivity contribution in [2.24, 2.45) is 11.7 Å². The van der Waals surface area contributed by atoms with Gasteiger partial charge in [-0.2, -0.15) is 9.61 Å². The average molecular weight is 632 g/mol. The summed E-state index contributed by atoms with van der Waals surface area (Å²) in [7, 11) is -1.63. The minimum Gasteiger partial charge on any atom is -0.491 e. The average Bonchev–Trinajstić information content (AvgIpc) is 3.36. The van der Waals surface area contributed by atoms with Crippen molar-refractivity contribution < 1.29 is 31.4 Å². The summed E-state index contributed by atoms with van der Waals surface area (Å²) in [6, 6.07) is 6.90. The van der Waals surface area contributed by atoms with Crippen LogP contribution >= 0.6 is 0 Å². The topological polar surface area (TPSA) is 146 Å². The van der Waals surface area contributed by atoms with Gasteiger partial charge >= 0.3 is 0 Å². The van der Waals surface area contributed by atoms with Crippen LogP contribution in [0.3, 0.4) is 0 Å². The number of nitrogens with zero attached hydrogens (tertiary/aromatic N) is 5. The molecule has 236 valence electrons. The first kappa shape index (κ1) is 31.5. The van der Waals surface area contributed by atoms with E-state index in [1.54, 1.807) is 24.7 Å². The Labute approximate surface area is 254 Å². The lowest BCUT2D eigenvalue weighted by Gasteiger charge is -2.42. The molecule has 4 heterocycles. The quantitative estimate of drug-likeness (QED) is 0.223. The number of sulfone groups is 1. The molecule has 3 unspecified atom stereocenters. The van der Waals surface area contributed by atoms with Gasteiger partial charge in [-0.1, -0.05) is 6.92 Å². The van der Waals surface area contributed by atoms with Crippen LogP contribution in [0.1, 0.15) is 6.92 Å². The minimum atomic E-state index is -3.14. The number of anilines is 3. The van der Waals surface area contributed by atoms with Crippen LogP contribution < -0.4 is 20.7 Å². The number of benzene rings is 1. The molecule has 3 aromatic heterocycles. The summed E-state index contributed by atoms with van der Waals surface area (Å²) < 4.78 is 70.7. The summed E-state index contributed by atoms with van der Waals surface area (Å²) in [6.07, 6.45) is 5.78. The molecule has 0 aliphatic carbocycles. The molecule has 0 radical (unpaired) electrons. The number of nitrogens with two attached hydrogens (primary N) is 1. The van der Waals surface area contributed by atoms with E-state index in [0.717, 1.165) is 17.8 Å². The van der Waals surface area contributed by atoms with E-state index >= 15 is 8.78 Å². The van der Waals surface area contributed by atoms with E-state index in [9.17, 15) is 8.42 Å². The van der Waals surface area contributed by atoms with Gasteiger partial charge in [0.15, 0.2) is 0 Å². The van der Waals surface area contributed by atoms with E-state index < -0.39 is 21.5 Å². The smallest absolute Gasteiger partial charge is 0.229 e. The lowest BCUT2D eigenvalue weighted by atomic mass is 9.92. The van der Waals surface area contributed by atoms with Crippen LogP contribution in [0.2, 0.25) is 0 Å². The van der Waals surface area contributed by atoms with Crippen LogP contribution in [-0.2, 0) is 19.3 Å². The molecule has 0 saturated carbocycles. The Bertz CT molecular complexity index is 1690. The fourth-order valence-corrected chi connectivity index (χ4v) is 5.63. The number of pyridine rings is 1. The summed E-state index contributed by atoms with van der Waals surface area (Å²) in [4.78, 5) is 10.8. The largest absolute Gasteiger partial charge is 0.491 e. The number of imidazole rings is 1. The summed E-state index contributed by atoms with van der Waals surface area (Å²) in [5.74, 6) is -1.32. The molecule has 15 heteroatoms. The van der Waals surface area contributed by atoms with Gasteiger partial charge in [-0.25, -0.2) is 22.2 Å². The molecular weight excluding hydrogens is 596 g/mol. The highest BCUT2D eigenvalue weighted by Gasteiger charge is 2.34. The van der Waals surface area contributed by atoms with Crippen molar-refractivity contribution >= 4 is 32.7 Å². The maximum atomic E-state index is 15.1. The van der Waals surface area contributed by atoms with Crippen LogP contribution in [0.15, 0.2) is 48.9 Å². The fraction of sp³-hybridized carbons (Fsp3) is 0.414. The van der Waals surface area contributed by atoms with Gasteiger partial charge < -0.3 is 30.2 Å². The monoisotopic (exact) mass is 631 g/mol. The number of aromatic nitrogens is 4. The van der Waals surface area contributed by atoms with Gasteiger partial charge in [0, 0.05) is 56.7 Å². The number of methoxy groups -OCH3 is 1. The summed E-state index contributed by atoms with van der Waals surface area (Å²) >= 11 is 0. The Kier molecular flexibility index (Phi) is 9.58. The molecule has 1 saturated heterocycles. The Morgan fingerprint density at radius 1 is 1.09 bits per heavy atom. The fourth-order valence-electron chi connectivity index (χ4n) is 5.23. The van der Waals surface area contributed by atoms with E-state index in [1.165, 1.54) is 23.9 Å². The third kappa shape index (κ3) is 7.23.